The van der Waals surface area contributed by atoms with Gasteiger partial charge in [-0.15, -0.1) is 0 Å². The number of carbonyl (C=O) groups is 1. The van der Waals surface area contributed by atoms with Crippen molar-refractivity contribution in [3.8, 4) is 5.75 Å². The van der Waals surface area contributed by atoms with E-state index in [1.165, 1.54) is 20.3 Å². The van der Waals surface area contributed by atoms with E-state index < -0.39 is 23.6 Å². The highest BCUT2D eigenvalue weighted by Gasteiger charge is 2.37. The van der Waals surface area contributed by atoms with E-state index in [0.717, 1.165) is 12.1 Å². The number of para-hydroxylation sites is 2. The lowest BCUT2D eigenvalue weighted by molar-refractivity contribution is -0.136. The Hall–Kier alpha value is -3.00. The average Bonchev–Trinajstić information content (AvgIpc) is 2.67. The van der Waals surface area contributed by atoms with Gasteiger partial charge in [0.2, 0.25) is 0 Å². The number of thiocarbonyl (C=S) groups is 1. The van der Waals surface area contributed by atoms with Gasteiger partial charge in [0.1, 0.15) is 17.4 Å². The van der Waals surface area contributed by atoms with Crippen LogP contribution in [0.2, 0.25) is 0 Å². The first kappa shape index (κ1) is 19.8. The van der Waals surface area contributed by atoms with Crippen LogP contribution in [0.15, 0.2) is 53.7 Å². The zero-order chi connectivity index (χ0) is 20.4. The summed E-state index contributed by atoms with van der Waals surface area (Å²) in [5, 5.41) is 3.21. The number of nitrogens with zero attached hydrogens (tertiary/aromatic N) is 1. The summed E-state index contributed by atoms with van der Waals surface area (Å²) >= 11 is 5.49. The van der Waals surface area contributed by atoms with Crippen LogP contribution < -0.4 is 15.0 Å². The van der Waals surface area contributed by atoms with Crippen molar-refractivity contribution in [2.45, 2.75) is 13.0 Å². The summed E-state index contributed by atoms with van der Waals surface area (Å²) in [6, 6.07) is 9.39. The van der Waals surface area contributed by atoms with Crippen LogP contribution in [-0.4, -0.2) is 25.3 Å². The Labute approximate surface area is 166 Å². The van der Waals surface area contributed by atoms with Crippen molar-refractivity contribution < 1.29 is 23.0 Å². The van der Waals surface area contributed by atoms with E-state index in [9.17, 15) is 13.6 Å². The lowest BCUT2D eigenvalue weighted by Gasteiger charge is -2.37. The second-order valence-electron chi connectivity index (χ2n) is 6.05. The number of halogens is 2. The number of hydrogen-bond donors (Lipinski definition) is 1. The Bertz CT molecular complexity index is 978. The van der Waals surface area contributed by atoms with Crippen molar-refractivity contribution in [1.82, 2.24) is 5.32 Å². The van der Waals surface area contributed by atoms with Crippen molar-refractivity contribution in [2.24, 2.45) is 0 Å². The third kappa shape index (κ3) is 3.43. The van der Waals surface area contributed by atoms with Crippen molar-refractivity contribution in [1.29, 1.82) is 0 Å². The largest absolute Gasteiger partial charge is 0.495 e. The zero-order valence-corrected chi connectivity index (χ0v) is 16.3. The molecule has 1 aliphatic heterocycles. The number of allylic oxidation sites excluding steroid dienone is 1. The summed E-state index contributed by atoms with van der Waals surface area (Å²) < 4.78 is 38.1. The number of rotatable bonds is 4. The normalized spacial score (nSPS) is 16.7. The Morgan fingerprint density at radius 1 is 1.18 bits per heavy atom. The third-order valence-corrected chi connectivity index (χ3v) is 4.79. The second-order valence-corrected chi connectivity index (χ2v) is 6.43. The molecule has 0 saturated heterocycles. The predicted octanol–water partition coefficient (Wildman–Crippen LogP) is 3.86. The molecular weight excluding hydrogens is 386 g/mol. The van der Waals surface area contributed by atoms with Gasteiger partial charge in [0.25, 0.3) is 0 Å². The smallest absolute Gasteiger partial charge is 0.337 e. The maximum atomic E-state index is 14.4. The van der Waals surface area contributed by atoms with E-state index in [4.69, 9.17) is 21.7 Å². The van der Waals surface area contributed by atoms with Crippen LogP contribution in [0.4, 0.5) is 14.5 Å². The van der Waals surface area contributed by atoms with Crippen molar-refractivity contribution in [3.63, 3.8) is 0 Å². The quantitative estimate of drug-likeness (QED) is 0.617. The molecule has 28 heavy (non-hydrogen) atoms. The summed E-state index contributed by atoms with van der Waals surface area (Å²) in [6.45, 7) is 1.68. The van der Waals surface area contributed by atoms with Crippen LogP contribution in [0.5, 0.6) is 5.75 Å². The standard InChI is InChI=1S/C20H18F2N2O3S/c1-11-17(19(25)27-3)18(13-9-8-12(21)10-14(13)22)23-20(28)24(11)15-6-4-5-7-16(15)26-2/h4-10,18H,1-3H3,(H,23,28)/t18-/m1/s1. The van der Waals surface area contributed by atoms with Gasteiger partial charge in [0.05, 0.1) is 31.5 Å². The number of ether oxygens (including phenoxy) is 2. The average molecular weight is 404 g/mol. The molecule has 2 aromatic rings. The van der Waals surface area contributed by atoms with Gasteiger partial charge in [-0.05, 0) is 37.3 Å². The lowest BCUT2D eigenvalue weighted by atomic mass is 9.94. The van der Waals surface area contributed by atoms with Crippen LogP contribution >= 0.6 is 12.2 Å². The fourth-order valence-electron chi connectivity index (χ4n) is 3.19. The topological polar surface area (TPSA) is 50.8 Å². The van der Waals surface area contributed by atoms with Gasteiger partial charge in [-0.25, -0.2) is 13.6 Å². The number of carbonyl (C=O) groups excluding carboxylic acids is 1. The molecule has 0 radical (unpaired) electrons. The number of hydrogen-bond acceptors (Lipinski definition) is 4. The molecule has 5 nitrogen and oxygen atoms in total. The summed E-state index contributed by atoms with van der Waals surface area (Å²) in [5.41, 5.74) is 1.31. The predicted molar refractivity (Wildman–Crippen MR) is 105 cm³/mol. The highest BCUT2D eigenvalue weighted by molar-refractivity contribution is 7.80. The summed E-state index contributed by atoms with van der Waals surface area (Å²) in [6.07, 6.45) is 0. The highest BCUT2D eigenvalue weighted by Crippen LogP contribution is 2.38. The minimum absolute atomic E-state index is 0.0863. The molecule has 0 spiro atoms. The Kier molecular flexibility index (Phi) is 5.60. The SMILES string of the molecule is COC(=O)C1=C(C)N(c2ccccc2OC)C(=S)N[C@@H]1c1ccc(F)cc1F. The molecule has 1 atom stereocenters. The van der Waals surface area contributed by atoms with E-state index in [1.807, 2.05) is 0 Å². The van der Waals surface area contributed by atoms with Gasteiger partial charge in [-0.3, -0.25) is 4.90 Å². The zero-order valence-electron chi connectivity index (χ0n) is 15.5. The van der Waals surface area contributed by atoms with Crippen LogP contribution in [0, 0.1) is 11.6 Å². The van der Waals surface area contributed by atoms with E-state index >= 15 is 0 Å². The highest BCUT2D eigenvalue weighted by atomic mass is 32.1. The number of anilines is 1. The molecule has 2 aromatic carbocycles. The van der Waals surface area contributed by atoms with E-state index in [2.05, 4.69) is 5.32 Å². The van der Waals surface area contributed by atoms with Gasteiger partial charge in [-0.2, -0.15) is 0 Å². The summed E-state index contributed by atoms with van der Waals surface area (Å²) in [4.78, 5) is 14.2. The molecule has 0 amide bonds. The summed E-state index contributed by atoms with van der Waals surface area (Å²) in [5.74, 6) is -1.61. The van der Waals surface area contributed by atoms with E-state index in [1.54, 1.807) is 36.1 Å². The first-order valence-corrected chi connectivity index (χ1v) is 8.77. The lowest BCUT2D eigenvalue weighted by Crippen LogP contribution is -2.48. The number of esters is 1. The molecular formula is C20H18F2N2O3S. The van der Waals surface area contributed by atoms with Gasteiger partial charge in [0, 0.05) is 17.3 Å². The molecule has 0 bridgehead atoms. The van der Waals surface area contributed by atoms with E-state index in [0.29, 0.717) is 17.1 Å². The molecule has 1 aliphatic rings. The molecule has 3 rings (SSSR count). The number of benzene rings is 2. The minimum atomic E-state index is -0.925. The molecule has 0 saturated carbocycles. The molecule has 8 heteroatoms. The van der Waals surface area contributed by atoms with Crippen LogP contribution in [0.3, 0.4) is 0 Å². The Morgan fingerprint density at radius 2 is 1.89 bits per heavy atom. The molecule has 1 heterocycles. The van der Waals surface area contributed by atoms with Crippen molar-refractivity contribution >= 4 is 29.0 Å². The van der Waals surface area contributed by atoms with Gasteiger partial charge in [0.15, 0.2) is 5.11 Å². The van der Waals surface area contributed by atoms with Gasteiger partial charge < -0.3 is 14.8 Å². The maximum Gasteiger partial charge on any atom is 0.337 e. The molecule has 0 fully saturated rings. The first-order chi connectivity index (χ1) is 13.4. The van der Waals surface area contributed by atoms with E-state index in [-0.39, 0.29) is 16.2 Å². The third-order valence-electron chi connectivity index (χ3n) is 4.49. The Morgan fingerprint density at radius 3 is 2.54 bits per heavy atom. The van der Waals surface area contributed by atoms with Crippen molar-refractivity contribution in [2.75, 3.05) is 19.1 Å². The first-order valence-electron chi connectivity index (χ1n) is 8.36. The molecule has 146 valence electrons. The monoisotopic (exact) mass is 404 g/mol. The van der Waals surface area contributed by atoms with Crippen LogP contribution in [-0.2, 0) is 9.53 Å². The Balaban J connectivity index is 2.20. The molecule has 0 aromatic heterocycles. The molecule has 1 N–H and O–H groups in total. The molecule has 0 aliphatic carbocycles. The van der Waals surface area contributed by atoms with Gasteiger partial charge in [-0.1, -0.05) is 18.2 Å². The minimum Gasteiger partial charge on any atom is -0.495 e. The maximum absolute atomic E-state index is 14.4. The molecule has 0 unspecified atom stereocenters. The van der Waals surface area contributed by atoms with Crippen LogP contribution in [0.1, 0.15) is 18.5 Å². The fraction of sp³-hybridized carbons (Fsp3) is 0.200. The fourth-order valence-corrected chi connectivity index (χ4v) is 3.54. The van der Waals surface area contributed by atoms with Crippen molar-refractivity contribution in [3.05, 3.63) is 70.9 Å². The summed E-state index contributed by atoms with van der Waals surface area (Å²) in [7, 11) is 2.76. The van der Waals surface area contributed by atoms with Crippen LogP contribution in [0.25, 0.3) is 0 Å². The number of nitrogens with one attached hydrogen (secondary N) is 1. The van der Waals surface area contributed by atoms with Gasteiger partial charge >= 0.3 is 5.97 Å². The number of methoxy groups -OCH3 is 2. The second kappa shape index (κ2) is 7.93.